The minimum atomic E-state index is 0.514. The third-order valence-electron chi connectivity index (χ3n) is 3.33. The number of rotatable bonds is 1. The van der Waals surface area contributed by atoms with E-state index >= 15 is 0 Å². The molecule has 1 saturated carbocycles. The molecule has 3 N–H and O–H groups in total. The molecule has 0 unspecified atom stereocenters. The van der Waals surface area contributed by atoms with E-state index < -0.39 is 0 Å². The molecule has 0 spiro atoms. The summed E-state index contributed by atoms with van der Waals surface area (Å²) in [7, 11) is 0. The van der Waals surface area contributed by atoms with Crippen molar-refractivity contribution < 1.29 is 0 Å². The lowest BCUT2D eigenvalue weighted by Crippen LogP contribution is -2.37. The highest BCUT2D eigenvalue weighted by Gasteiger charge is 2.44. The molecule has 2 rings (SSSR count). The molecule has 0 aromatic carbocycles. The minimum absolute atomic E-state index is 0.514. The van der Waals surface area contributed by atoms with E-state index in [4.69, 9.17) is 5.73 Å². The number of nitrogens with two attached hydrogens (primary N) is 1. The molecular formula is C8H16N2. The van der Waals surface area contributed by atoms with Crippen LogP contribution in [0, 0.1) is 5.41 Å². The predicted octanol–water partition coefficient (Wildman–Crippen LogP) is 0.477. The van der Waals surface area contributed by atoms with Crippen LogP contribution in [0.15, 0.2) is 0 Å². The number of hydrogen-bond acceptors (Lipinski definition) is 2. The quantitative estimate of drug-likeness (QED) is 0.556. The highest BCUT2D eigenvalue weighted by atomic mass is 15.0. The Morgan fingerprint density at radius 3 is 3.10 bits per heavy atom. The standard InChI is InChI=1S/C8H16N2/c9-6-8-3-1-2-7(8)10-5-4-8/h7,10H,1-6,9H2/t7-,8-/m1/s1. The van der Waals surface area contributed by atoms with Crippen molar-refractivity contribution >= 4 is 0 Å². The summed E-state index contributed by atoms with van der Waals surface area (Å²) in [5.41, 5.74) is 6.28. The summed E-state index contributed by atoms with van der Waals surface area (Å²) in [6.45, 7) is 2.09. The van der Waals surface area contributed by atoms with Crippen LogP contribution in [0.2, 0.25) is 0 Å². The maximum absolute atomic E-state index is 5.77. The van der Waals surface area contributed by atoms with Crippen molar-refractivity contribution in [3.05, 3.63) is 0 Å². The summed E-state index contributed by atoms with van der Waals surface area (Å²) >= 11 is 0. The van der Waals surface area contributed by atoms with Crippen LogP contribution in [-0.2, 0) is 0 Å². The van der Waals surface area contributed by atoms with Gasteiger partial charge in [0.15, 0.2) is 0 Å². The van der Waals surface area contributed by atoms with E-state index in [1.807, 2.05) is 0 Å². The minimum Gasteiger partial charge on any atom is -0.330 e. The van der Waals surface area contributed by atoms with Gasteiger partial charge in [-0.3, -0.25) is 0 Å². The van der Waals surface area contributed by atoms with Crippen LogP contribution in [0.3, 0.4) is 0 Å². The first-order valence-electron chi connectivity index (χ1n) is 4.31. The molecule has 0 amide bonds. The molecule has 2 atom stereocenters. The first kappa shape index (κ1) is 6.62. The van der Waals surface area contributed by atoms with Gasteiger partial charge in [0.1, 0.15) is 0 Å². The molecule has 2 aliphatic rings. The van der Waals surface area contributed by atoms with Crippen LogP contribution in [0.5, 0.6) is 0 Å². The Bertz CT molecular complexity index is 123. The van der Waals surface area contributed by atoms with Crippen molar-refractivity contribution in [2.24, 2.45) is 11.1 Å². The van der Waals surface area contributed by atoms with Crippen molar-refractivity contribution in [3.63, 3.8) is 0 Å². The largest absolute Gasteiger partial charge is 0.330 e. The van der Waals surface area contributed by atoms with Gasteiger partial charge in [-0.15, -0.1) is 0 Å². The average molecular weight is 140 g/mol. The zero-order valence-corrected chi connectivity index (χ0v) is 6.40. The van der Waals surface area contributed by atoms with Crippen LogP contribution < -0.4 is 11.1 Å². The van der Waals surface area contributed by atoms with E-state index in [2.05, 4.69) is 5.32 Å². The first-order chi connectivity index (χ1) is 4.87. The summed E-state index contributed by atoms with van der Waals surface area (Å²) < 4.78 is 0. The van der Waals surface area contributed by atoms with Gasteiger partial charge in [-0.1, -0.05) is 6.42 Å². The second-order valence-electron chi connectivity index (χ2n) is 3.72. The van der Waals surface area contributed by atoms with Crippen LogP contribution in [0.4, 0.5) is 0 Å². The van der Waals surface area contributed by atoms with E-state index in [9.17, 15) is 0 Å². The second-order valence-corrected chi connectivity index (χ2v) is 3.72. The predicted molar refractivity (Wildman–Crippen MR) is 41.7 cm³/mol. The molecule has 2 nitrogen and oxygen atoms in total. The molecule has 1 aliphatic heterocycles. The molecule has 2 heteroatoms. The molecule has 10 heavy (non-hydrogen) atoms. The Kier molecular flexibility index (Phi) is 1.46. The first-order valence-corrected chi connectivity index (χ1v) is 4.31. The monoisotopic (exact) mass is 140 g/mol. The van der Waals surface area contributed by atoms with E-state index in [-0.39, 0.29) is 0 Å². The van der Waals surface area contributed by atoms with Crippen LogP contribution in [0.1, 0.15) is 25.7 Å². The number of hydrogen-bond donors (Lipinski definition) is 2. The maximum Gasteiger partial charge on any atom is 0.0136 e. The van der Waals surface area contributed by atoms with E-state index in [0.29, 0.717) is 5.41 Å². The maximum atomic E-state index is 5.77. The summed E-state index contributed by atoms with van der Waals surface area (Å²) in [6, 6.07) is 0.762. The molecule has 1 saturated heterocycles. The van der Waals surface area contributed by atoms with Crippen molar-refractivity contribution in [2.45, 2.75) is 31.7 Å². The van der Waals surface area contributed by atoms with Gasteiger partial charge in [0.05, 0.1) is 0 Å². The fourth-order valence-electron chi connectivity index (χ4n) is 2.60. The lowest BCUT2D eigenvalue weighted by Gasteiger charge is -2.26. The molecule has 58 valence electrons. The normalized spacial score (nSPS) is 45.9. The highest BCUT2D eigenvalue weighted by Crippen LogP contribution is 2.43. The fraction of sp³-hybridized carbons (Fsp3) is 1.00. The van der Waals surface area contributed by atoms with Gasteiger partial charge in [0.2, 0.25) is 0 Å². The zero-order chi connectivity index (χ0) is 7.03. The molecule has 1 aliphatic carbocycles. The summed E-state index contributed by atoms with van der Waals surface area (Å²) in [4.78, 5) is 0. The van der Waals surface area contributed by atoms with Crippen molar-refractivity contribution in [2.75, 3.05) is 13.1 Å². The average Bonchev–Trinajstić information content (AvgIpc) is 2.42. The Hall–Kier alpha value is -0.0800. The third kappa shape index (κ3) is 0.722. The molecule has 0 aromatic heterocycles. The molecule has 0 aromatic rings. The van der Waals surface area contributed by atoms with Crippen molar-refractivity contribution in [1.29, 1.82) is 0 Å². The number of nitrogens with one attached hydrogen (secondary N) is 1. The zero-order valence-electron chi connectivity index (χ0n) is 6.40. The van der Waals surface area contributed by atoms with E-state index in [1.165, 1.54) is 32.2 Å². The van der Waals surface area contributed by atoms with Gasteiger partial charge in [0.25, 0.3) is 0 Å². The summed E-state index contributed by atoms with van der Waals surface area (Å²) in [6.07, 6.45) is 5.42. The van der Waals surface area contributed by atoms with Gasteiger partial charge in [-0.25, -0.2) is 0 Å². The van der Waals surface area contributed by atoms with Crippen LogP contribution >= 0.6 is 0 Å². The molecule has 0 radical (unpaired) electrons. The Morgan fingerprint density at radius 2 is 2.40 bits per heavy atom. The molecule has 2 fully saturated rings. The Labute approximate surface area is 62.2 Å². The SMILES string of the molecule is NC[C@]12CCC[C@H]1NCC2. The smallest absolute Gasteiger partial charge is 0.0136 e. The van der Waals surface area contributed by atoms with E-state index in [1.54, 1.807) is 0 Å². The fourth-order valence-corrected chi connectivity index (χ4v) is 2.60. The number of fused-ring (bicyclic) bond motifs is 1. The lowest BCUT2D eigenvalue weighted by molar-refractivity contribution is 0.298. The van der Waals surface area contributed by atoms with Gasteiger partial charge >= 0.3 is 0 Å². The van der Waals surface area contributed by atoms with Gasteiger partial charge in [-0.2, -0.15) is 0 Å². The van der Waals surface area contributed by atoms with Gasteiger partial charge in [0, 0.05) is 6.04 Å². The summed E-state index contributed by atoms with van der Waals surface area (Å²) in [5, 5.41) is 3.53. The van der Waals surface area contributed by atoms with Crippen molar-refractivity contribution in [1.82, 2.24) is 5.32 Å². The van der Waals surface area contributed by atoms with Crippen molar-refractivity contribution in [3.8, 4) is 0 Å². The van der Waals surface area contributed by atoms with E-state index in [0.717, 1.165) is 12.6 Å². The molecule has 0 bridgehead atoms. The molecule has 1 heterocycles. The molecular weight excluding hydrogens is 124 g/mol. The topological polar surface area (TPSA) is 38.0 Å². The second kappa shape index (κ2) is 2.21. The Balaban J connectivity index is 2.15. The van der Waals surface area contributed by atoms with Crippen LogP contribution in [0.25, 0.3) is 0 Å². The van der Waals surface area contributed by atoms with Gasteiger partial charge in [-0.05, 0) is 37.8 Å². The van der Waals surface area contributed by atoms with Gasteiger partial charge < -0.3 is 11.1 Å². The summed E-state index contributed by atoms with van der Waals surface area (Å²) in [5.74, 6) is 0. The lowest BCUT2D eigenvalue weighted by atomic mass is 9.83. The highest BCUT2D eigenvalue weighted by molar-refractivity contribution is 5.01. The third-order valence-corrected chi connectivity index (χ3v) is 3.33. The van der Waals surface area contributed by atoms with Crippen LogP contribution in [-0.4, -0.2) is 19.1 Å². The Morgan fingerprint density at radius 1 is 1.50 bits per heavy atom.